The standard InChI is InChI=1S/C25H27N3O6S/c1-30-19-7-6-16(10-20(19)31-2)18-13-28-17(14-35-25(28)27-18)11-23(29)26-12-15-8-21(32-3)24(34-5)22(9-15)33-4/h6-10,13-14H,11-12H2,1-5H3,(H,26,29). The number of rotatable bonds is 10. The van der Waals surface area contributed by atoms with Crippen molar-refractivity contribution in [2.75, 3.05) is 35.5 Å². The molecular weight excluding hydrogens is 470 g/mol. The van der Waals surface area contributed by atoms with E-state index in [1.807, 2.05) is 46.3 Å². The smallest absolute Gasteiger partial charge is 0.226 e. The van der Waals surface area contributed by atoms with Gasteiger partial charge in [-0.2, -0.15) is 0 Å². The maximum atomic E-state index is 12.7. The lowest BCUT2D eigenvalue weighted by Gasteiger charge is -2.14. The number of aromatic nitrogens is 2. The van der Waals surface area contributed by atoms with Crippen molar-refractivity contribution in [1.82, 2.24) is 14.7 Å². The lowest BCUT2D eigenvalue weighted by molar-refractivity contribution is -0.120. The first-order valence-corrected chi connectivity index (χ1v) is 11.6. The number of fused-ring (bicyclic) bond motifs is 1. The molecule has 9 nitrogen and oxygen atoms in total. The number of carbonyl (C=O) groups excluding carboxylic acids is 1. The molecule has 4 rings (SSSR count). The minimum absolute atomic E-state index is 0.111. The van der Waals surface area contributed by atoms with Gasteiger partial charge in [0.1, 0.15) is 0 Å². The van der Waals surface area contributed by atoms with Crippen LogP contribution in [-0.2, 0) is 17.8 Å². The molecule has 0 spiro atoms. The molecule has 0 saturated carbocycles. The van der Waals surface area contributed by atoms with E-state index in [4.69, 9.17) is 28.7 Å². The molecule has 0 saturated heterocycles. The van der Waals surface area contributed by atoms with Crippen molar-refractivity contribution in [1.29, 1.82) is 0 Å². The third-order valence-electron chi connectivity index (χ3n) is 5.52. The fraction of sp³-hybridized carbons (Fsp3) is 0.280. The zero-order chi connectivity index (χ0) is 24.9. The van der Waals surface area contributed by atoms with Crippen molar-refractivity contribution in [2.24, 2.45) is 0 Å². The van der Waals surface area contributed by atoms with Crippen LogP contribution < -0.4 is 29.0 Å². The maximum Gasteiger partial charge on any atom is 0.226 e. The first kappa shape index (κ1) is 24.2. The minimum Gasteiger partial charge on any atom is -0.493 e. The van der Waals surface area contributed by atoms with Crippen LogP contribution in [0.4, 0.5) is 0 Å². The molecule has 35 heavy (non-hydrogen) atoms. The molecule has 184 valence electrons. The molecule has 0 atom stereocenters. The number of hydrogen-bond acceptors (Lipinski definition) is 8. The van der Waals surface area contributed by atoms with Gasteiger partial charge in [0.25, 0.3) is 0 Å². The Morgan fingerprint density at radius 3 is 2.23 bits per heavy atom. The molecule has 2 aromatic heterocycles. The highest BCUT2D eigenvalue weighted by molar-refractivity contribution is 7.15. The third-order valence-corrected chi connectivity index (χ3v) is 6.41. The van der Waals surface area contributed by atoms with Gasteiger partial charge < -0.3 is 29.0 Å². The number of thiazole rings is 1. The Balaban J connectivity index is 1.48. The normalized spacial score (nSPS) is 10.8. The van der Waals surface area contributed by atoms with Crippen molar-refractivity contribution in [2.45, 2.75) is 13.0 Å². The van der Waals surface area contributed by atoms with Crippen LogP contribution in [0.5, 0.6) is 28.7 Å². The van der Waals surface area contributed by atoms with Crippen molar-refractivity contribution < 1.29 is 28.5 Å². The Bertz CT molecular complexity index is 1320. The van der Waals surface area contributed by atoms with Crippen LogP contribution in [0.2, 0.25) is 0 Å². The summed E-state index contributed by atoms with van der Waals surface area (Å²) in [5.41, 5.74) is 3.38. The van der Waals surface area contributed by atoms with E-state index in [9.17, 15) is 4.79 Å². The van der Waals surface area contributed by atoms with Gasteiger partial charge in [-0.3, -0.25) is 9.20 Å². The SMILES string of the molecule is COc1ccc(-c2cn3c(CC(=O)NCc4cc(OC)c(OC)c(OC)c4)csc3n2)cc1OC. The number of hydrogen-bond donors (Lipinski definition) is 1. The van der Waals surface area contributed by atoms with Crippen molar-refractivity contribution in [3.05, 3.63) is 53.2 Å². The van der Waals surface area contributed by atoms with Gasteiger partial charge in [0.15, 0.2) is 28.0 Å². The fourth-order valence-corrected chi connectivity index (χ4v) is 4.63. The van der Waals surface area contributed by atoms with E-state index >= 15 is 0 Å². The van der Waals surface area contributed by atoms with Crippen LogP contribution in [0.1, 0.15) is 11.3 Å². The highest BCUT2D eigenvalue weighted by Gasteiger charge is 2.16. The fourth-order valence-electron chi connectivity index (χ4n) is 3.76. The molecule has 2 aromatic carbocycles. The van der Waals surface area contributed by atoms with Gasteiger partial charge in [-0.25, -0.2) is 4.98 Å². The first-order valence-electron chi connectivity index (χ1n) is 10.7. The van der Waals surface area contributed by atoms with Crippen LogP contribution in [0.25, 0.3) is 16.2 Å². The van der Waals surface area contributed by atoms with Gasteiger partial charge in [-0.05, 0) is 35.9 Å². The van der Waals surface area contributed by atoms with Crippen molar-refractivity contribution >= 4 is 22.2 Å². The summed E-state index contributed by atoms with van der Waals surface area (Å²) in [6.45, 7) is 0.323. The van der Waals surface area contributed by atoms with Gasteiger partial charge in [0.05, 0.1) is 47.7 Å². The predicted molar refractivity (Wildman–Crippen MR) is 133 cm³/mol. The maximum absolute atomic E-state index is 12.7. The number of methoxy groups -OCH3 is 5. The molecule has 0 radical (unpaired) electrons. The van der Waals surface area contributed by atoms with Crippen LogP contribution >= 0.6 is 11.3 Å². The topological polar surface area (TPSA) is 92.6 Å². The monoisotopic (exact) mass is 497 g/mol. The lowest BCUT2D eigenvalue weighted by atomic mass is 10.1. The predicted octanol–water partition coefficient (Wildman–Crippen LogP) is 3.96. The number of imidazole rings is 1. The van der Waals surface area contributed by atoms with E-state index in [1.165, 1.54) is 11.3 Å². The Kier molecular flexibility index (Phi) is 7.31. The van der Waals surface area contributed by atoms with Gasteiger partial charge >= 0.3 is 0 Å². The van der Waals surface area contributed by atoms with Crippen molar-refractivity contribution in [3.8, 4) is 40.0 Å². The molecule has 0 bridgehead atoms. The summed E-state index contributed by atoms with van der Waals surface area (Å²) in [6, 6.07) is 9.29. The number of nitrogens with one attached hydrogen (secondary N) is 1. The number of nitrogens with zero attached hydrogens (tertiary/aromatic N) is 2. The van der Waals surface area contributed by atoms with Crippen LogP contribution in [0.3, 0.4) is 0 Å². The molecular formula is C25H27N3O6S. The van der Waals surface area contributed by atoms with E-state index < -0.39 is 0 Å². The third kappa shape index (κ3) is 4.97. The Morgan fingerprint density at radius 1 is 0.914 bits per heavy atom. The Morgan fingerprint density at radius 2 is 1.60 bits per heavy atom. The number of carbonyl (C=O) groups is 1. The summed E-state index contributed by atoms with van der Waals surface area (Å²) in [5, 5.41) is 4.90. The Hall–Kier alpha value is -3.92. The Labute approximate surface area is 207 Å². The molecule has 0 fully saturated rings. The van der Waals surface area contributed by atoms with E-state index in [0.717, 1.165) is 27.5 Å². The van der Waals surface area contributed by atoms with Crippen molar-refractivity contribution in [3.63, 3.8) is 0 Å². The van der Waals surface area contributed by atoms with E-state index in [2.05, 4.69) is 5.32 Å². The largest absolute Gasteiger partial charge is 0.493 e. The summed E-state index contributed by atoms with van der Waals surface area (Å²) < 4.78 is 28.8. The molecule has 1 amide bonds. The molecule has 0 unspecified atom stereocenters. The minimum atomic E-state index is -0.111. The second kappa shape index (κ2) is 10.6. The second-order valence-electron chi connectivity index (χ2n) is 7.56. The number of benzene rings is 2. The van der Waals surface area contributed by atoms with Crippen LogP contribution in [0.15, 0.2) is 41.9 Å². The molecule has 0 aliphatic rings. The summed E-state index contributed by atoms with van der Waals surface area (Å²) >= 11 is 1.49. The number of amides is 1. The zero-order valence-corrected chi connectivity index (χ0v) is 21.0. The molecule has 2 heterocycles. The first-order chi connectivity index (χ1) is 17.0. The summed E-state index contributed by atoms with van der Waals surface area (Å²) in [4.78, 5) is 18.2. The van der Waals surface area contributed by atoms with Gasteiger partial charge in [-0.1, -0.05) is 0 Å². The molecule has 10 heteroatoms. The quantitative estimate of drug-likeness (QED) is 0.354. The summed E-state index contributed by atoms with van der Waals surface area (Å²) in [7, 11) is 7.87. The van der Waals surface area contributed by atoms with E-state index in [-0.39, 0.29) is 12.3 Å². The summed E-state index contributed by atoms with van der Waals surface area (Å²) in [5.74, 6) is 2.76. The molecule has 0 aliphatic carbocycles. The van der Waals surface area contributed by atoms with Gasteiger partial charge in [0, 0.05) is 29.4 Å². The number of ether oxygens (including phenoxy) is 5. The van der Waals surface area contributed by atoms with Gasteiger partial charge in [-0.15, -0.1) is 11.3 Å². The average molecular weight is 498 g/mol. The highest BCUT2D eigenvalue weighted by atomic mass is 32.1. The molecule has 0 aliphatic heterocycles. The second-order valence-corrected chi connectivity index (χ2v) is 8.40. The zero-order valence-electron chi connectivity index (χ0n) is 20.2. The molecule has 1 N–H and O–H groups in total. The van der Waals surface area contributed by atoms with E-state index in [0.29, 0.717) is 35.3 Å². The van der Waals surface area contributed by atoms with Crippen LogP contribution in [-0.4, -0.2) is 50.8 Å². The average Bonchev–Trinajstić information content (AvgIpc) is 3.48. The lowest BCUT2D eigenvalue weighted by Crippen LogP contribution is -2.25. The summed E-state index contributed by atoms with van der Waals surface area (Å²) in [6.07, 6.45) is 2.14. The van der Waals surface area contributed by atoms with Crippen LogP contribution in [0, 0.1) is 0 Å². The molecule has 4 aromatic rings. The van der Waals surface area contributed by atoms with E-state index in [1.54, 1.807) is 35.5 Å². The van der Waals surface area contributed by atoms with Gasteiger partial charge in [0.2, 0.25) is 11.7 Å². The highest BCUT2D eigenvalue weighted by Crippen LogP contribution is 2.38.